The highest BCUT2D eigenvalue weighted by Crippen LogP contribution is 2.23. The number of ether oxygens (including phenoxy) is 1. The zero-order valence-corrected chi connectivity index (χ0v) is 15.1. The molecule has 27 heavy (non-hydrogen) atoms. The van der Waals surface area contributed by atoms with Crippen molar-refractivity contribution in [2.75, 3.05) is 12.3 Å². The molecule has 0 N–H and O–H groups in total. The molecule has 0 aliphatic carbocycles. The van der Waals surface area contributed by atoms with Gasteiger partial charge in [0.2, 0.25) is 0 Å². The molecule has 2 aromatic rings. The summed E-state index contributed by atoms with van der Waals surface area (Å²) in [5.41, 5.74) is 0.647. The van der Waals surface area contributed by atoms with Crippen molar-refractivity contribution in [2.24, 2.45) is 0 Å². The largest absolute Gasteiger partial charge is 0.459 e. The quantitative estimate of drug-likeness (QED) is 0.417. The van der Waals surface area contributed by atoms with Gasteiger partial charge in [-0.3, -0.25) is 19.3 Å². The smallest absolute Gasteiger partial charge is 0.316 e. The Labute approximate surface area is 160 Å². The number of benzene rings is 2. The molecule has 1 atom stereocenters. The number of hydrogen-bond acceptors (Lipinski definition) is 6. The highest BCUT2D eigenvalue weighted by Gasteiger charge is 2.37. The summed E-state index contributed by atoms with van der Waals surface area (Å²) in [6.45, 7) is -0.137. The fourth-order valence-electron chi connectivity index (χ4n) is 2.73. The Morgan fingerprint density at radius 3 is 2.22 bits per heavy atom. The molecule has 0 aromatic heterocycles. The molecule has 0 fully saturated rings. The Morgan fingerprint density at radius 2 is 1.63 bits per heavy atom. The van der Waals surface area contributed by atoms with Crippen molar-refractivity contribution in [3.63, 3.8) is 0 Å². The summed E-state index contributed by atoms with van der Waals surface area (Å²) in [6, 6.07) is 17.8. The molecule has 2 amide bonds. The molecule has 1 heterocycles. The summed E-state index contributed by atoms with van der Waals surface area (Å²) in [7, 11) is 0. The fourth-order valence-corrected chi connectivity index (χ4v) is 3.43. The van der Waals surface area contributed by atoms with E-state index in [0.717, 1.165) is 9.80 Å². The molecule has 136 valence electrons. The Balaban J connectivity index is 1.61. The molecule has 3 rings (SSSR count). The zero-order chi connectivity index (χ0) is 19.2. The van der Waals surface area contributed by atoms with E-state index in [0.29, 0.717) is 11.1 Å². The van der Waals surface area contributed by atoms with Gasteiger partial charge in [0.05, 0.1) is 35.9 Å². The Hall–Kier alpha value is -3.11. The van der Waals surface area contributed by atoms with Crippen molar-refractivity contribution < 1.29 is 19.1 Å². The van der Waals surface area contributed by atoms with Crippen LogP contribution in [0.5, 0.6) is 0 Å². The third-order valence-corrected chi connectivity index (χ3v) is 4.97. The maximum absolute atomic E-state index is 12.4. The molecule has 0 bridgehead atoms. The maximum Gasteiger partial charge on any atom is 0.316 e. The van der Waals surface area contributed by atoms with Gasteiger partial charge in [-0.2, -0.15) is 5.26 Å². The van der Waals surface area contributed by atoms with Gasteiger partial charge < -0.3 is 4.74 Å². The lowest BCUT2D eigenvalue weighted by molar-refractivity contribution is -0.145. The minimum Gasteiger partial charge on any atom is -0.459 e. The lowest BCUT2D eigenvalue weighted by Crippen LogP contribution is -2.39. The van der Waals surface area contributed by atoms with Gasteiger partial charge in [0.1, 0.15) is 6.10 Å². The number of thioether (sulfide) groups is 1. The minimum absolute atomic E-state index is 0.0774. The summed E-state index contributed by atoms with van der Waals surface area (Å²) >= 11 is 1.32. The van der Waals surface area contributed by atoms with Gasteiger partial charge in [0, 0.05) is 4.90 Å². The van der Waals surface area contributed by atoms with E-state index < -0.39 is 23.9 Å². The fraction of sp³-hybridized carbons (Fsp3) is 0.200. The lowest BCUT2D eigenvalue weighted by atomic mass is 10.1. The molecular formula is C20H16N2O4S. The average Bonchev–Trinajstić information content (AvgIpc) is 2.93. The van der Waals surface area contributed by atoms with Crippen molar-refractivity contribution in [2.45, 2.75) is 17.4 Å². The number of nitrogens with zero attached hydrogens (tertiary/aromatic N) is 2. The Bertz CT molecular complexity index is 873. The standard InChI is InChI=1S/C20H16N2O4S/c21-11-10-14(26-18(23)13-27-15-6-2-1-3-7-15)12-22-19(24)16-8-4-5-9-17(16)20(22)25/h1-9,14H,10,12-13H2/t14-/m1/s1. The van der Waals surface area contributed by atoms with Gasteiger partial charge in [-0.1, -0.05) is 30.3 Å². The molecular weight excluding hydrogens is 364 g/mol. The van der Waals surface area contributed by atoms with E-state index in [1.54, 1.807) is 24.3 Å². The van der Waals surface area contributed by atoms with Gasteiger partial charge in [-0.15, -0.1) is 11.8 Å². The monoisotopic (exact) mass is 380 g/mol. The van der Waals surface area contributed by atoms with E-state index in [9.17, 15) is 14.4 Å². The lowest BCUT2D eigenvalue weighted by Gasteiger charge is -2.21. The second-order valence-electron chi connectivity index (χ2n) is 5.84. The third-order valence-electron chi connectivity index (χ3n) is 3.98. The van der Waals surface area contributed by atoms with Crippen LogP contribution in [0.25, 0.3) is 0 Å². The van der Waals surface area contributed by atoms with E-state index >= 15 is 0 Å². The predicted molar refractivity (Wildman–Crippen MR) is 99.1 cm³/mol. The summed E-state index contributed by atoms with van der Waals surface area (Å²) in [4.78, 5) is 38.9. The van der Waals surface area contributed by atoms with Crippen molar-refractivity contribution in [3.05, 3.63) is 65.7 Å². The molecule has 1 aliphatic rings. The van der Waals surface area contributed by atoms with Crippen LogP contribution < -0.4 is 0 Å². The number of hydrogen-bond donors (Lipinski definition) is 0. The van der Waals surface area contributed by atoms with E-state index in [1.807, 2.05) is 36.4 Å². The molecule has 2 aromatic carbocycles. The van der Waals surface area contributed by atoms with Crippen LogP contribution in [0.2, 0.25) is 0 Å². The molecule has 0 spiro atoms. The highest BCUT2D eigenvalue weighted by atomic mass is 32.2. The summed E-state index contributed by atoms with van der Waals surface area (Å²) in [5, 5.41) is 9.00. The van der Waals surface area contributed by atoms with Crippen LogP contribution in [0.15, 0.2) is 59.5 Å². The van der Waals surface area contributed by atoms with Crippen molar-refractivity contribution >= 4 is 29.5 Å². The molecule has 7 heteroatoms. The first-order valence-electron chi connectivity index (χ1n) is 8.29. The van der Waals surface area contributed by atoms with Crippen LogP contribution in [0.3, 0.4) is 0 Å². The van der Waals surface area contributed by atoms with E-state index in [1.165, 1.54) is 11.8 Å². The van der Waals surface area contributed by atoms with Crippen LogP contribution in [-0.4, -0.2) is 41.1 Å². The zero-order valence-electron chi connectivity index (χ0n) is 14.3. The molecule has 0 unspecified atom stereocenters. The van der Waals surface area contributed by atoms with E-state index in [4.69, 9.17) is 10.00 Å². The third kappa shape index (κ3) is 4.36. The maximum atomic E-state index is 12.4. The second kappa shape index (κ2) is 8.52. The molecule has 0 saturated heterocycles. The Morgan fingerprint density at radius 1 is 1.04 bits per heavy atom. The van der Waals surface area contributed by atoms with E-state index in [2.05, 4.69) is 0 Å². The van der Waals surface area contributed by atoms with Gasteiger partial charge in [0.15, 0.2) is 0 Å². The number of rotatable bonds is 7. The van der Waals surface area contributed by atoms with E-state index in [-0.39, 0.29) is 18.7 Å². The predicted octanol–water partition coefficient (Wildman–Crippen LogP) is 2.90. The van der Waals surface area contributed by atoms with Gasteiger partial charge in [-0.25, -0.2) is 0 Å². The normalized spacial score (nSPS) is 13.8. The Kier molecular flexibility index (Phi) is 5.89. The van der Waals surface area contributed by atoms with Crippen molar-refractivity contribution in [1.82, 2.24) is 4.90 Å². The topological polar surface area (TPSA) is 87.5 Å². The van der Waals surface area contributed by atoms with Crippen LogP contribution in [0.1, 0.15) is 27.1 Å². The summed E-state index contributed by atoms with van der Waals surface area (Å²) in [5.74, 6) is -1.30. The minimum atomic E-state index is -0.860. The average molecular weight is 380 g/mol. The highest BCUT2D eigenvalue weighted by molar-refractivity contribution is 8.00. The van der Waals surface area contributed by atoms with Gasteiger partial charge in [-0.05, 0) is 24.3 Å². The molecule has 0 radical (unpaired) electrons. The number of carbonyl (C=O) groups is 3. The second-order valence-corrected chi connectivity index (χ2v) is 6.89. The SMILES string of the molecule is N#CC[C@H](CN1C(=O)c2ccccc2C1=O)OC(=O)CSc1ccccc1. The van der Waals surface area contributed by atoms with Crippen LogP contribution in [-0.2, 0) is 9.53 Å². The molecule has 0 saturated carbocycles. The van der Waals surface area contributed by atoms with Crippen molar-refractivity contribution in [1.29, 1.82) is 5.26 Å². The molecule has 6 nitrogen and oxygen atoms in total. The van der Waals surface area contributed by atoms with Crippen LogP contribution in [0, 0.1) is 11.3 Å². The van der Waals surface area contributed by atoms with Crippen LogP contribution in [0.4, 0.5) is 0 Å². The number of carbonyl (C=O) groups excluding carboxylic acids is 3. The molecule has 1 aliphatic heterocycles. The number of nitriles is 1. The summed E-state index contributed by atoms with van der Waals surface area (Å²) < 4.78 is 5.34. The number of fused-ring (bicyclic) bond motifs is 1. The first-order valence-corrected chi connectivity index (χ1v) is 9.28. The summed E-state index contributed by atoms with van der Waals surface area (Å²) in [6.07, 6.45) is -0.962. The van der Waals surface area contributed by atoms with Crippen LogP contribution >= 0.6 is 11.8 Å². The van der Waals surface area contributed by atoms with Gasteiger partial charge in [0.25, 0.3) is 11.8 Å². The van der Waals surface area contributed by atoms with Crippen molar-refractivity contribution in [3.8, 4) is 6.07 Å². The first kappa shape index (κ1) is 18.7. The number of imide groups is 1. The number of amides is 2. The number of esters is 1. The first-order chi connectivity index (χ1) is 13.1. The van der Waals surface area contributed by atoms with Gasteiger partial charge >= 0.3 is 5.97 Å².